The number of nitrogens with two attached hydrogens (primary N) is 1. The number of fused-ring (bicyclic) bond motifs is 1. The van der Waals surface area contributed by atoms with Crippen LogP contribution in [-0.2, 0) is 25.6 Å². The standard InChI is InChI=1S/C33H33N7O5S/c1-22-8-15-26(16-9-22)46(43,44)45-31(41)7-3-5-19-40(30-6-2-4-18-36-30)33(42)24-12-17-27-28(20-24)39-29(38-27)21-37-25-13-10-23(11-14-25)32(34)35/h2,4,6,8-18,20,37H,3,5,7,19,21H2,1H3,(H3,34,35)(H,38,39). The number of aromatic amines is 1. The first-order chi connectivity index (χ1) is 22.1. The summed E-state index contributed by atoms with van der Waals surface area (Å²) >= 11 is 0. The van der Waals surface area contributed by atoms with Crippen LogP contribution in [-0.4, -0.2) is 47.6 Å². The molecule has 0 unspecified atom stereocenters. The number of nitrogen functional groups attached to an aromatic ring is 1. The van der Waals surface area contributed by atoms with Crippen molar-refractivity contribution < 1.29 is 22.2 Å². The maximum atomic E-state index is 13.7. The average molecular weight is 640 g/mol. The van der Waals surface area contributed by atoms with Gasteiger partial charge in [0.25, 0.3) is 5.91 Å². The lowest BCUT2D eigenvalue weighted by Crippen LogP contribution is -2.32. The maximum Gasteiger partial charge on any atom is 0.341 e. The monoisotopic (exact) mass is 639 g/mol. The molecule has 46 heavy (non-hydrogen) atoms. The van der Waals surface area contributed by atoms with Crippen molar-refractivity contribution in [3.05, 3.63) is 114 Å². The van der Waals surface area contributed by atoms with E-state index in [1.165, 1.54) is 17.0 Å². The molecule has 0 radical (unpaired) electrons. The molecule has 3 aromatic carbocycles. The first-order valence-corrected chi connectivity index (χ1v) is 15.9. The van der Waals surface area contributed by atoms with Crippen LogP contribution in [0.3, 0.4) is 0 Å². The van der Waals surface area contributed by atoms with E-state index in [1.807, 2.05) is 19.1 Å². The molecule has 0 saturated carbocycles. The maximum absolute atomic E-state index is 13.7. The van der Waals surface area contributed by atoms with Crippen molar-refractivity contribution in [1.29, 1.82) is 5.41 Å². The summed E-state index contributed by atoms with van der Waals surface area (Å²) in [5, 5.41) is 10.8. The molecule has 0 aliphatic carbocycles. The first kappa shape index (κ1) is 31.9. The summed E-state index contributed by atoms with van der Waals surface area (Å²) < 4.78 is 29.6. The molecule has 0 saturated heterocycles. The fraction of sp³-hybridized carbons (Fsp3) is 0.182. The lowest BCUT2D eigenvalue weighted by atomic mass is 10.1. The minimum absolute atomic E-state index is 0.00250. The van der Waals surface area contributed by atoms with Gasteiger partial charge in [0.05, 0.1) is 17.6 Å². The predicted octanol–water partition coefficient (Wildman–Crippen LogP) is 4.91. The molecule has 0 bridgehead atoms. The number of imidazole rings is 1. The Bertz CT molecular complexity index is 1960. The fourth-order valence-electron chi connectivity index (χ4n) is 4.67. The number of carbonyl (C=O) groups is 2. The molecule has 0 fully saturated rings. The van der Waals surface area contributed by atoms with E-state index in [4.69, 9.17) is 15.3 Å². The molecule has 5 rings (SSSR count). The van der Waals surface area contributed by atoms with E-state index >= 15 is 0 Å². The van der Waals surface area contributed by atoms with Gasteiger partial charge in [0.1, 0.15) is 22.4 Å². The average Bonchev–Trinajstić information content (AvgIpc) is 3.46. The van der Waals surface area contributed by atoms with Crippen molar-refractivity contribution in [2.24, 2.45) is 5.73 Å². The lowest BCUT2D eigenvalue weighted by molar-refractivity contribution is -0.133. The zero-order chi connectivity index (χ0) is 32.7. The summed E-state index contributed by atoms with van der Waals surface area (Å²) in [6.45, 7) is 2.48. The van der Waals surface area contributed by atoms with Crippen LogP contribution in [0.1, 0.15) is 46.6 Å². The van der Waals surface area contributed by atoms with Crippen molar-refractivity contribution in [3.63, 3.8) is 0 Å². The number of amidine groups is 1. The summed E-state index contributed by atoms with van der Waals surface area (Å²) in [7, 11) is -4.21. The predicted molar refractivity (Wildman–Crippen MR) is 175 cm³/mol. The van der Waals surface area contributed by atoms with Gasteiger partial charge in [-0.05, 0) is 86.5 Å². The van der Waals surface area contributed by atoms with E-state index in [0.717, 1.165) is 16.8 Å². The Hall–Kier alpha value is -5.56. The Morgan fingerprint density at radius 3 is 2.41 bits per heavy atom. The number of pyridine rings is 1. The van der Waals surface area contributed by atoms with Crippen LogP contribution >= 0.6 is 0 Å². The summed E-state index contributed by atoms with van der Waals surface area (Å²) in [4.78, 5) is 39.7. The number of aryl methyl sites for hydroxylation is 1. The summed E-state index contributed by atoms with van der Waals surface area (Å²) in [6, 6.07) is 23.7. The van der Waals surface area contributed by atoms with E-state index in [9.17, 15) is 18.0 Å². The van der Waals surface area contributed by atoms with Gasteiger partial charge in [-0.3, -0.25) is 19.9 Å². The minimum atomic E-state index is -4.21. The molecule has 2 heterocycles. The number of H-pyrrole nitrogens is 1. The molecule has 12 nitrogen and oxygen atoms in total. The van der Waals surface area contributed by atoms with Crippen LogP contribution in [0, 0.1) is 12.3 Å². The van der Waals surface area contributed by atoms with Gasteiger partial charge >= 0.3 is 16.1 Å². The third-order valence-electron chi connectivity index (χ3n) is 7.13. The Morgan fingerprint density at radius 2 is 1.72 bits per heavy atom. The second-order valence-electron chi connectivity index (χ2n) is 10.6. The SMILES string of the molecule is Cc1ccc(S(=O)(=O)OC(=O)CCCCN(C(=O)c2ccc3[nH]c(CNc4ccc(C(=N)N)cc4)nc3c2)c2ccccn2)cc1. The molecule has 0 spiro atoms. The van der Waals surface area contributed by atoms with Crippen LogP contribution in [0.2, 0.25) is 0 Å². The molecule has 0 atom stereocenters. The zero-order valence-electron chi connectivity index (χ0n) is 25.1. The third kappa shape index (κ3) is 7.93. The zero-order valence-corrected chi connectivity index (χ0v) is 25.9. The number of nitrogens with one attached hydrogen (secondary N) is 3. The number of carbonyl (C=O) groups excluding carboxylic acids is 2. The number of anilines is 2. The molecule has 236 valence electrons. The van der Waals surface area contributed by atoms with Crippen molar-refractivity contribution in [3.8, 4) is 0 Å². The van der Waals surface area contributed by atoms with E-state index in [-0.39, 0.29) is 29.6 Å². The molecule has 5 N–H and O–H groups in total. The Balaban J connectivity index is 1.21. The van der Waals surface area contributed by atoms with E-state index in [0.29, 0.717) is 47.7 Å². The Kier molecular flexibility index (Phi) is 9.72. The van der Waals surface area contributed by atoms with Gasteiger partial charge in [-0.25, -0.2) is 9.97 Å². The third-order valence-corrected chi connectivity index (χ3v) is 8.39. The molecule has 13 heteroatoms. The van der Waals surface area contributed by atoms with Gasteiger partial charge in [0.2, 0.25) is 0 Å². The van der Waals surface area contributed by atoms with Gasteiger partial charge < -0.3 is 20.2 Å². The molecular formula is C33H33N7O5S. The number of rotatable bonds is 13. The highest BCUT2D eigenvalue weighted by Crippen LogP contribution is 2.21. The van der Waals surface area contributed by atoms with E-state index in [2.05, 4.69) is 20.3 Å². The largest absolute Gasteiger partial charge is 0.384 e. The topological polar surface area (TPSA) is 184 Å². The highest BCUT2D eigenvalue weighted by atomic mass is 32.2. The highest BCUT2D eigenvalue weighted by Gasteiger charge is 2.22. The minimum Gasteiger partial charge on any atom is -0.384 e. The number of nitrogens with zero attached hydrogens (tertiary/aromatic N) is 3. The summed E-state index contributed by atoms with van der Waals surface area (Å²) in [5.74, 6) is -0.0346. The van der Waals surface area contributed by atoms with Crippen molar-refractivity contribution in [2.45, 2.75) is 37.6 Å². The van der Waals surface area contributed by atoms with Crippen LogP contribution in [0.5, 0.6) is 0 Å². The van der Waals surface area contributed by atoms with E-state index < -0.39 is 16.1 Å². The first-order valence-electron chi connectivity index (χ1n) is 14.5. The van der Waals surface area contributed by atoms with Crippen LogP contribution in [0.15, 0.2) is 96.0 Å². The smallest absolute Gasteiger partial charge is 0.341 e. The Morgan fingerprint density at radius 1 is 0.978 bits per heavy atom. The van der Waals surface area contributed by atoms with Crippen LogP contribution in [0.25, 0.3) is 11.0 Å². The number of unbranched alkanes of at least 4 members (excludes halogenated alkanes) is 1. The fourth-order valence-corrected chi connectivity index (χ4v) is 5.57. The molecule has 0 aliphatic rings. The number of hydrogen-bond acceptors (Lipinski definition) is 9. The second-order valence-corrected chi connectivity index (χ2v) is 12.1. The number of hydrogen-bond donors (Lipinski definition) is 4. The normalized spacial score (nSPS) is 11.2. The molecule has 2 aromatic heterocycles. The van der Waals surface area contributed by atoms with E-state index in [1.54, 1.807) is 66.9 Å². The second kappa shape index (κ2) is 14.0. The van der Waals surface area contributed by atoms with Gasteiger partial charge in [-0.15, -0.1) is 0 Å². The van der Waals surface area contributed by atoms with Crippen LogP contribution < -0.4 is 16.0 Å². The number of benzene rings is 3. The summed E-state index contributed by atoms with van der Waals surface area (Å²) in [5.41, 5.74) is 9.68. The van der Waals surface area contributed by atoms with Crippen molar-refractivity contribution in [2.75, 3.05) is 16.8 Å². The van der Waals surface area contributed by atoms with Crippen LogP contribution in [0.4, 0.5) is 11.5 Å². The molecule has 1 amide bonds. The lowest BCUT2D eigenvalue weighted by Gasteiger charge is -2.22. The van der Waals surface area contributed by atoms with Gasteiger partial charge in [0, 0.05) is 36.0 Å². The van der Waals surface area contributed by atoms with Crippen molar-refractivity contribution in [1.82, 2.24) is 15.0 Å². The number of aromatic nitrogens is 3. The number of amides is 1. The summed E-state index contributed by atoms with van der Waals surface area (Å²) in [6.07, 6.45) is 2.15. The van der Waals surface area contributed by atoms with Gasteiger partial charge in [-0.1, -0.05) is 23.8 Å². The molecule has 0 aliphatic heterocycles. The quantitative estimate of drug-likeness (QED) is 0.0601. The Labute approximate surface area is 266 Å². The molecular weight excluding hydrogens is 606 g/mol. The van der Waals surface area contributed by atoms with Crippen molar-refractivity contribution >= 4 is 50.4 Å². The highest BCUT2D eigenvalue weighted by molar-refractivity contribution is 7.87. The van der Waals surface area contributed by atoms with Gasteiger partial charge in [0.15, 0.2) is 0 Å². The molecule has 5 aromatic rings. The van der Waals surface area contributed by atoms with Gasteiger partial charge in [-0.2, -0.15) is 8.42 Å².